The van der Waals surface area contributed by atoms with Crippen molar-refractivity contribution in [2.24, 2.45) is 0 Å². The molecule has 0 spiro atoms. The summed E-state index contributed by atoms with van der Waals surface area (Å²) in [5, 5.41) is 5.75. The largest absolute Gasteiger partial charge is 0.322 e. The van der Waals surface area contributed by atoms with Crippen LogP contribution in [-0.4, -0.2) is 19.0 Å². The average molecular weight is 255 g/mol. The Hall–Kier alpha value is -1.39. The van der Waals surface area contributed by atoms with Crippen molar-refractivity contribution in [2.75, 3.05) is 18.4 Å². The minimum absolute atomic E-state index is 0.00147. The third kappa shape index (κ3) is 2.65. The number of benzene rings is 1. The van der Waals surface area contributed by atoms with E-state index in [1.54, 1.807) is 6.92 Å². The normalized spacial score (nSPS) is 14.2. The Kier molecular flexibility index (Phi) is 3.45. The van der Waals surface area contributed by atoms with E-state index in [1.165, 1.54) is 18.2 Å². The standard InChI is InChI=1S/C12H12ClFN2O/c1-7(8-5-15-6-8)12(17)16-9-2-3-11(14)10(13)4-9/h2-4,15H,5-6H2,1H3,(H,16,17). The highest BCUT2D eigenvalue weighted by Crippen LogP contribution is 2.20. The third-order valence-corrected chi connectivity index (χ3v) is 3.01. The topological polar surface area (TPSA) is 41.1 Å². The highest BCUT2D eigenvalue weighted by atomic mass is 35.5. The molecule has 1 aliphatic heterocycles. The van der Waals surface area contributed by atoms with Gasteiger partial charge < -0.3 is 10.6 Å². The van der Waals surface area contributed by atoms with Crippen molar-refractivity contribution in [2.45, 2.75) is 6.92 Å². The number of hydrogen-bond donors (Lipinski definition) is 2. The van der Waals surface area contributed by atoms with Crippen LogP contribution in [0.4, 0.5) is 10.1 Å². The van der Waals surface area contributed by atoms with Crippen molar-refractivity contribution in [1.82, 2.24) is 5.32 Å². The van der Waals surface area contributed by atoms with Gasteiger partial charge in [-0.05, 0) is 30.7 Å². The van der Waals surface area contributed by atoms with E-state index in [-0.39, 0.29) is 10.9 Å². The number of anilines is 1. The second-order valence-electron chi connectivity index (χ2n) is 3.92. The first-order chi connectivity index (χ1) is 8.08. The molecule has 1 aromatic carbocycles. The van der Waals surface area contributed by atoms with E-state index in [9.17, 15) is 9.18 Å². The zero-order valence-corrected chi connectivity index (χ0v) is 10.1. The van der Waals surface area contributed by atoms with E-state index in [1.807, 2.05) is 0 Å². The van der Waals surface area contributed by atoms with E-state index in [4.69, 9.17) is 11.6 Å². The lowest BCUT2D eigenvalue weighted by atomic mass is 10.0. The monoisotopic (exact) mass is 254 g/mol. The van der Waals surface area contributed by atoms with Gasteiger partial charge in [0, 0.05) is 24.4 Å². The molecule has 0 radical (unpaired) electrons. The second-order valence-corrected chi connectivity index (χ2v) is 4.32. The first-order valence-corrected chi connectivity index (χ1v) is 5.61. The molecule has 0 bridgehead atoms. The van der Waals surface area contributed by atoms with Crippen molar-refractivity contribution in [3.05, 3.63) is 40.2 Å². The fraction of sp³-hybridized carbons (Fsp3) is 0.250. The summed E-state index contributed by atoms with van der Waals surface area (Å²) in [6.07, 6.45) is 0. The molecule has 1 aliphatic rings. The van der Waals surface area contributed by atoms with Crippen LogP contribution in [0, 0.1) is 5.82 Å². The molecule has 0 saturated carbocycles. The van der Waals surface area contributed by atoms with Gasteiger partial charge in [-0.2, -0.15) is 0 Å². The van der Waals surface area contributed by atoms with Crippen LogP contribution >= 0.6 is 11.6 Å². The van der Waals surface area contributed by atoms with Crippen molar-refractivity contribution in [1.29, 1.82) is 0 Å². The van der Waals surface area contributed by atoms with E-state index < -0.39 is 5.82 Å². The van der Waals surface area contributed by atoms with Gasteiger partial charge in [-0.25, -0.2) is 4.39 Å². The molecule has 5 heteroatoms. The van der Waals surface area contributed by atoms with Crippen LogP contribution in [0.15, 0.2) is 29.3 Å². The van der Waals surface area contributed by atoms with Crippen molar-refractivity contribution >= 4 is 23.2 Å². The maximum atomic E-state index is 12.9. The number of carbonyl (C=O) groups excluding carboxylic acids is 1. The summed E-state index contributed by atoms with van der Waals surface area (Å²) in [5.41, 5.74) is 2.29. The number of rotatable bonds is 2. The quantitative estimate of drug-likeness (QED) is 0.796. The lowest BCUT2D eigenvalue weighted by Gasteiger charge is -2.21. The Morgan fingerprint density at radius 3 is 2.71 bits per heavy atom. The van der Waals surface area contributed by atoms with Gasteiger partial charge in [0.05, 0.1) is 5.02 Å². The third-order valence-electron chi connectivity index (χ3n) is 2.73. The van der Waals surface area contributed by atoms with Gasteiger partial charge in [0.25, 0.3) is 5.91 Å². The number of nitrogens with one attached hydrogen (secondary N) is 2. The number of halogens is 2. The molecule has 1 heterocycles. The summed E-state index contributed by atoms with van der Waals surface area (Å²) in [6, 6.07) is 4.10. The maximum Gasteiger partial charge on any atom is 0.251 e. The lowest BCUT2D eigenvalue weighted by molar-refractivity contribution is -0.112. The molecule has 0 atom stereocenters. The van der Waals surface area contributed by atoms with Gasteiger partial charge in [0.1, 0.15) is 5.82 Å². The Morgan fingerprint density at radius 2 is 2.18 bits per heavy atom. The molecule has 3 nitrogen and oxygen atoms in total. The Morgan fingerprint density at radius 1 is 1.47 bits per heavy atom. The molecule has 2 N–H and O–H groups in total. The minimum Gasteiger partial charge on any atom is -0.322 e. The molecular weight excluding hydrogens is 243 g/mol. The summed E-state index contributed by atoms with van der Waals surface area (Å²) >= 11 is 5.63. The van der Waals surface area contributed by atoms with E-state index in [0.29, 0.717) is 11.3 Å². The lowest BCUT2D eigenvalue weighted by Crippen LogP contribution is -2.36. The van der Waals surface area contributed by atoms with Gasteiger partial charge in [-0.15, -0.1) is 0 Å². The molecule has 90 valence electrons. The van der Waals surface area contributed by atoms with Crippen molar-refractivity contribution in [3.8, 4) is 0 Å². The number of hydrogen-bond acceptors (Lipinski definition) is 2. The van der Waals surface area contributed by atoms with Crippen LogP contribution in [0.25, 0.3) is 0 Å². The van der Waals surface area contributed by atoms with E-state index in [0.717, 1.165) is 18.7 Å². The van der Waals surface area contributed by atoms with Crippen molar-refractivity contribution < 1.29 is 9.18 Å². The highest BCUT2D eigenvalue weighted by Gasteiger charge is 2.16. The van der Waals surface area contributed by atoms with E-state index in [2.05, 4.69) is 10.6 Å². The van der Waals surface area contributed by atoms with Gasteiger partial charge >= 0.3 is 0 Å². The Balaban J connectivity index is 2.10. The maximum absolute atomic E-state index is 12.9. The van der Waals surface area contributed by atoms with Crippen LogP contribution in [-0.2, 0) is 4.79 Å². The minimum atomic E-state index is -0.497. The van der Waals surface area contributed by atoms with Crippen LogP contribution in [0.3, 0.4) is 0 Å². The molecule has 2 rings (SSSR count). The molecule has 1 amide bonds. The summed E-state index contributed by atoms with van der Waals surface area (Å²) in [6.45, 7) is 3.28. The molecule has 1 aromatic rings. The molecule has 1 fully saturated rings. The molecule has 1 saturated heterocycles. The summed E-state index contributed by atoms with van der Waals surface area (Å²) in [4.78, 5) is 11.8. The van der Waals surface area contributed by atoms with Gasteiger partial charge in [0.15, 0.2) is 0 Å². The summed E-state index contributed by atoms with van der Waals surface area (Å²) in [7, 11) is 0. The zero-order chi connectivity index (χ0) is 12.4. The smallest absolute Gasteiger partial charge is 0.251 e. The fourth-order valence-electron chi connectivity index (χ4n) is 1.47. The first-order valence-electron chi connectivity index (χ1n) is 5.23. The molecule has 0 aliphatic carbocycles. The summed E-state index contributed by atoms with van der Waals surface area (Å²) in [5.74, 6) is -0.674. The zero-order valence-electron chi connectivity index (χ0n) is 9.31. The average Bonchev–Trinajstić information content (AvgIpc) is 2.21. The highest BCUT2D eigenvalue weighted by molar-refractivity contribution is 6.31. The molecule has 0 unspecified atom stereocenters. The van der Waals surface area contributed by atoms with Crippen LogP contribution in [0.1, 0.15) is 6.92 Å². The Labute approximate surface area is 104 Å². The van der Waals surface area contributed by atoms with Crippen LogP contribution < -0.4 is 10.6 Å². The SMILES string of the molecule is CC(C(=O)Nc1ccc(F)c(Cl)c1)=C1CNC1. The Bertz CT molecular complexity index is 493. The van der Waals surface area contributed by atoms with Crippen LogP contribution in [0.5, 0.6) is 0 Å². The van der Waals surface area contributed by atoms with Gasteiger partial charge in [0.2, 0.25) is 0 Å². The molecular formula is C12H12ClFN2O. The van der Waals surface area contributed by atoms with Crippen LogP contribution in [0.2, 0.25) is 5.02 Å². The molecule has 17 heavy (non-hydrogen) atoms. The fourth-order valence-corrected chi connectivity index (χ4v) is 1.65. The first kappa shape index (κ1) is 12.1. The van der Waals surface area contributed by atoms with Crippen molar-refractivity contribution in [3.63, 3.8) is 0 Å². The molecule has 0 aromatic heterocycles. The van der Waals surface area contributed by atoms with Gasteiger partial charge in [-0.3, -0.25) is 4.79 Å². The number of amides is 1. The van der Waals surface area contributed by atoms with Gasteiger partial charge in [-0.1, -0.05) is 11.6 Å². The number of carbonyl (C=O) groups is 1. The summed E-state index contributed by atoms with van der Waals surface area (Å²) < 4.78 is 12.9. The predicted octanol–water partition coefficient (Wildman–Crippen LogP) is 2.34. The van der Waals surface area contributed by atoms with E-state index >= 15 is 0 Å². The second kappa shape index (κ2) is 4.85. The predicted molar refractivity (Wildman–Crippen MR) is 65.6 cm³/mol.